The average Bonchev–Trinajstić information content (AvgIpc) is 2.91. The van der Waals surface area contributed by atoms with E-state index in [1.165, 1.54) is 12.1 Å². The molecule has 0 saturated carbocycles. The van der Waals surface area contributed by atoms with Crippen LogP contribution in [0.5, 0.6) is 0 Å². The molecule has 21 heavy (non-hydrogen) atoms. The van der Waals surface area contributed by atoms with Crippen LogP contribution in [0, 0.1) is 0 Å². The normalized spacial score (nSPS) is 13.3. The van der Waals surface area contributed by atoms with Crippen LogP contribution < -0.4 is 10.5 Å². The van der Waals surface area contributed by atoms with Gasteiger partial charge in [0.1, 0.15) is 4.90 Å². The second kappa shape index (κ2) is 6.33. The highest BCUT2D eigenvalue weighted by Crippen LogP contribution is 2.29. The van der Waals surface area contributed by atoms with Crippen LogP contribution in [0.25, 0.3) is 0 Å². The molecule has 1 aromatic carbocycles. The van der Waals surface area contributed by atoms with Crippen LogP contribution >= 0.6 is 23.2 Å². The van der Waals surface area contributed by atoms with E-state index >= 15 is 0 Å². The van der Waals surface area contributed by atoms with E-state index in [-0.39, 0.29) is 16.5 Å². The molecular weight excluding hydrogens is 335 g/mol. The Morgan fingerprint density at radius 1 is 1.38 bits per heavy atom. The van der Waals surface area contributed by atoms with Gasteiger partial charge < -0.3 is 5.73 Å². The topological polar surface area (TPSA) is 101 Å². The Labute approximate surface area is 132 Å². The van der Waals surface area contributed by atoms with Crippen LogP contribution in [0.15, 0.2) is 29.4 Å². The van der Waals surface area contributed by atoms with E-state index in [1.807, 2.05) is 0 Å². The Morgan fingerprint density at radius 2 is 2.10 bits per heavy atom. The Hall–Kier alpha value is -1.12. The van der Waals surface area contributed by atoms with Crippen LogP contribution in [-0.4, -0.2) is 18.6 Å². The van der Waals surface area contributed by atoms with E-state index in [9.17, 15) is 8.42 Å². The highest BCUT2D eigenvalue weighted by Gasteiger charge is 2.23. The van der Waals surface area contributed by atoms with Crippen molar-refractivity contribution >= 4 is 33.2 Å². The predicted molar refractivity (Wildman–Crippen MR) is 81.7 cm³/mol. The maximum atomic E-state index is 12.4. The molecule has 6 nitrogen and oxygen atoms in total. The minimum absolute atomic E-state index is 0.0455. The van der Waals surface area contributed by atoms with Gasteiger partial charge in [-0.1, -0.05) is 23.2 Å². The van der Waals surface area contributed by atoms with Crippen LogP contribution in [0.3, 0.4) is 0 Å². The fraction of sp³-hybridized carbons (Fsp3) is 0.250. The van der Waals surface area contributed by atoms with Crippen molar-refractivity contribution in [3.8, 4) is 0 Å². The van der Waals surface area contributed by atoms with Crippen molar-refractivity contribution < 1.29 is 8.42 Å². The van der Waals surface area contributed by atoms with Gasteiger partial charge in [0.15, 0.2) is 0 Å². The minimum atomic E-state index is -3.80. The highest BCUT2D eigenvalue weighted by atomic mass is 35.5. The lowest BCUT2D eigenvalue weighted by molar-refractivity contribution is 0.567. The lowest BCUT2D eigenvalue weighted by Gasteiger charge is -2.15. The molecule has 1 unspecified atom stereocenters. The summed E-state index contributed by atoms with van der Waals surface area (Å²) in [4.78, 5) is -0.0515. The molecule has 0 fully saturated rings. The largest absolute Gasteiger partial charge is 0.326 e. The first-order valence-electron chi connectivity index (χ1n) is 6.04. The number of nitrogens with two attached hydrogens (primary N) is 1. The van der Waals surface area contributed by atoms with Gasteiger partial charge in [-0.25, -0.2) is 13.1 Å². The molecule has 9 heteroatoms. The Balaban J connectivity index is 2.36. The van der Waals surface area contributed by atoms with E-state index in [0.29, 0.717) is 16.1 Å². The van der Waals surface area contributed by atoms with E-state index in [2.05, 4.69) is 14.9 Å². The van der Waals surface area contributed by atoms with Crippen LogP contribution in [0.2, 0.25) is 10.0 Å². The molecule has 1 atom stereocenters. The lowest BCUT2D eigenvalue weighted by Crippen LogP contribution is -2.27. The summed E-state index contributed by atoms with van der Waals surface area (Å²) in [6, 6.07) is 2.30. The zero-order chi connectivity index (χ0) is 15.6. The molecule has 0 aliphatic carbocycles. The quantitative estimate of drug-likeness (QED) is 0.770. The maximum absolute atomic E-state index is 12.4. The third kappa shape index (κ3) is 3.56. The number of sulfonamides is 1. The van der Waals surface area contributed by atoms with E-state index in [4.69, 9.17) is 28.9 Å². The second-order valence-corrected chi connectivity index (χ2v) is 6.95. The number of nitrogens with one attached hydrogen (secondary N) is 2. The van der Waals surface area contributed by atoms with Gasteiger partial charge in [0.2, 0.25) is 10.0 Å². The summed E-state index contributed by atoms with van der Waals surface area (Å²) in [5.74, 6) is 0. The monoisotopic (exact) mass is 348 g/mol. The van der Waals surface area contributed by atoms with E-state index < -0.39 is 16.1 Å². The smallest absolute Gasteiger partial charge is 0.242 e. The zero-order valence-electron chi connectivity index (χ0n) is 11.1. The molecular formula is C12H14Cl2N4O2S. The summed E-state index contributed by atoms with van der Waals surface area (Å²) in [6.45, 7) is 1.83. The van der Waals surface area contributed by atoms with Gasteiger partial charge in [-0.3, -0.25) is 5.10 Å². The number of hydrogen-bond acceptors (Lipinski definition) is 4. The van der Waals surface area contributed by atoms with Gasteiger partial charge in [-0.05, 0) is 24.6 Å². The maximum Gasteiger partial charge on any atom is 0.242 e. The van der Waals surface area contributed by atoms with Crippen molar-refractivity contribution in [2.24, 2.45) is 5.73 Å². The SMILES string of the molecule is CC(NS(=O)(=O)c1cc(CN)c(Cl)cc1Cl)c1cn[nH]c1. The van der Waals surface area contributed by atoms with Crippen molar-refractivity contribution in [3.05, 3.63) is 45.7 Å². The van der Waals surface area contributed by atoms with Crippen molar-refractivity contribution in [2.45, 2.75) is 24.4 Å². The number of H-pyrrole nitrogens is 1. The summed E-state index contributed by atoms with van der Waals surface area (Å²) >= 11 is 11.9. The van der Waals surface area contributed by atoms with Crippen LogP contribution in [0.4, 0.5) is 0 Å². The molecule has 0 amide bonds. The van der Waals surface area contributed by atoms with Crippen LogP contribution in [-0.2, 0) is 16.6 Å². The fourth-order valence-electron chi connectivity index (χ4n) is 1.80. The van der Waals surface area contributed by atoms with Crippen molar-refractivity contribution in [3.63, 3.8) is 0 Å². The summed E-state index contributed by atoms with van der Waals surface area (Å²) in [6.07, 6.45) is 3.16. The molecule has 1 heterocycles. The number of aromatic amines is 1. The minimum Gasteiger partial charge on any atom is -0.326 e. The summed E-state index contributed by atoms with van der Waals surface area (Å²) in [5.41, 5.74) is 6.76. The first-order chi connectivity index (χ1) is 9.85. The third-order valence-corrected chi connectivity index (χ3v) is 5.32. The van der Waals surface area contributed by atoms with Gasteiger partial charge >= 0.3 is 0 Å². The summed E-state index contributed by atoms with van der Waals surface area (Å²) in [5, 5.41) is 6.79. The van der Waals surface area contributed by atoms with E-state index in [0.717, 1.165) is 0 Å². The number of benzene rings is 1. The predicted octanol–water partition coefficient (Wildman–Crippen LogP) is 2.21. The summed E-state index contributed by atoms with van der Waals surface area (Å²) < 4.78 is 27.4. The van der Waals surface area contributed by atoms with Gasteiger partial charge in [0, 0.05) is 29.4 Å². The molecule has 4 N–H and O–H groups in total. The average molecular weight is 349 g/mol. The Morgan fingerprint density at radius 3 is 2.67 bits per heavy atom. The van der Waals surface area contributed by atoms with Crippen LogP contribution in [0.1, 0.15) is 24.1 Å². The lowest BCUT2D eigenvalue weighted by atomic mass is 10.2. The molecule has 0 spiro atoms. The van der Waals surface area contributed by atoms with Crippen molar-refractivity contribution in [1.82, 2.24) is 14.9 Å². The first-order valence-corrected chi connectivity index (χ1v) is 8.28. The first kappa shape index (κ1) is 16.3. The summed E-state index contributed by atoms with van der Waals surface area (Å²) in [7, 11) is -3.80. The molecule has 2 rings (SSSR count). The zero-order valence-corrected chi connectivity index (χ0v) is 13.4. The van der Waals surface area contributed by atoms with Gasteiger partial charge in [-0.15, -0.1) is 0 Å². The number of rotatable bonds is 5. The molecule has 114 valence electrons. The Kier molecular flexibility index (Phi) is 4.90. The van der Waals surface area contributed by atoms with Crippen molar-refractivity contribution in [2.75, 3.05) is 0 Å². The molecule has 2 aromatic rings. The number of nitrogens with zero attached hydrogens (tertiary/aromatic N) is 1. The van der Waals surface area contributed by atoms with Gasteiger partial charge in [0.05, 0.1) is 11.2 Å². The molecule has 0 bridgehead atoms. The van der Waals surface area contributed by atoms with E-state index in [1.54, 1.807) is 19.3 Å². The molecule has 0 saturated heterocycles. The fourth-order valence-corrected chi connectivity index (χ4v) is 3.90. The molecule has 0 aliphatic heterocycles. The van der Waals surface area contributed by atoms with Gasteiger partial charge in [-0.2, -0.15) is 5.10 Å². The van der Waals surface area contributed by atoms with Gasteiger partial charge in [0.25, 0.3) is 0 Å². The number of hydrogen-bond donors (Lipinski definition) is 3. The third-order valence-electron chi connectivity index (χ3n) is 2.96. The number of aromatic nitrogens is 2. The molecule has 0 radical (unpaired) electrons. The molecule has 0 aliphatic rings. The Bertz CT molecular complexity index is 732. The number of halogens is 2. The molecule has 1 aromatic heterocycles. The highest BCUT2D eigenvalue weighted by molar-refractivity contribution is 7.89. The van der Waals surface area contributed by atoms with Crippen molar-refractivity contribution in [1.29, 1.82) is 0 Å². The standard InChI is InChI=1S/C12H14Cl2N4O2S/c1-7(9-5-16-17-6-9)18-21(19,20)12-2-8(4-15)10(13)3-11(12)14/h2-3,5-7,18H,4,15H2,1H3,(H,16,17). The second-order valence-electron chi connectivity index (χ2n) is 4.45.